The molecule has 3 nitrogen and oxygen atoms in total. The maximum atomic E-state index is 5.39. The quantitative estimate of drug-likeness (QED) is 0.659. The van der Waals surface area contributed by atoms with Gasteiger partial charge in [0.05, 0.1) is 5.69 Å². The number of aliphatic imine (C=N–C) groups is 1. The Bertz CT molecular complexity index is 347. The van der Waals surface area contributed by atoms with E-state index in [-0.39, 0.29) is 6.29 Å². The van der Waals surface area contributed by atoms with E-state index in [4.69, 9.17) is 9.47 Å². The van der Waals surface area contributed by atoms with E-state index in [0.29, 0.717) is 5.90 Å². The maximum Gasteiger partial charge on any atom is 0.229 e. The van der Waals surface area contributed by atoms with E-state index in [1.54, 1.807) is 7.11 Å². The Kier molecular flexibility index (Phi) is 2.02. The predicted molar refractivity (Wildman–Crippen MR) is 50.0 cm³/mol. The fourth-order valence-electron chi connectivity index (χ4n) is 1.38. The Morgan fingerprint density at radius 3 is 2.92 bits per heavy atom. The number of fused-ring (bicyclic) bond motifs is 1. The molecule has 1 aromatic rings. The molecular formula is C10H11NO2. The normalized spacial score (nSPS) is 20.2. The molecule has 13 heavy (non-hydrogen) atoms. The van der Waals surface area contributed by atoms with Crippen molar-refractivity contribution in [3.05, 3.63) is 29.8 Å². The summed E-state index contributed by atoms with van der Waals surface area (Å²) in [5, 5.41) is 0. The number of nitrogens with zero attached hydrogens (tertiary/aromatic N) is 1. The Balaban J connectivity index is 2.48. The minimum Gasteiger partial charge on any atom is -0.448 e. The Hall–Kier alpha value is -1.35. The van der Waals surface area contributed by atoms with Crippen LogP contribution >= 0.6 is 0 Å². The molecule has 0 aliphatic carbocycles. The summed E-state index contributed by atoms with van der Waals surface area (Å²) >= 11 is 0. The molecule has 0 spiro atoms. The van der Waals surface area contributed by atoms with Crippen LogP contribution in [0.15, 0.2) is 29.3 Å². The standard InChI is InChI=1S/C10H11NO2/c1-7-11-9-6-4-3-5-8(9)10(12-2)13-7/h3-6,10H,1-2H3. The van der Waals surface area contributed by atoms with Crippen LogP contribution in [0.5, 0.6) is 0 Å². The third-order valence-corrected chi connectivity index (χ3v) is 1.96. The minimum absolute atomic E-state index is 0.311. The molecule has 3 heteroatoms. The largest absolute Gasteiger partial charge is 0.448 e. The van der Waals surface area contributed by atoms with Crippen molar-refractivity contribution in [1.29, 1.82) is 0 Å². The minimum atomic E-state index is -0.311. The maximum absolute atomic E-state index is 5.39. The fourth-order valence-corrected chi connectivity index (χ4v) is 1.38. The van der Waals surface area contributed by atoms with E-state index in [2.05, 4.69) is 4.99 Å². The van der Waals surface area contributed by atoms with Crippen molar-refractivity contribution in [2.75, 3.05) is 7.11 Å². The van der Waals surface area contributed by atoms with Crippen molar-refractivity contribution in [3.8, 4) is 0 Å². The lowest BCUT2D eigenvalue weighted by atomic mass is 10.1. The molecule has 1 unspecified atom stereocenters. The highest BCUT2D eigenvalue weighted by Gasteiger charge is 2.20. The first-order valence-corrected chi connectivity index (χ1v) is 4.15. The number of methoxy groups -OCH3 is 1. The fraction of sp³-hybridized carbons (Fsp3) is 0.300. The second-order valence-corrected chi connectivity index (χ2v) is 2.88. The van der Waals surface area contributed by atoms with Gasteiger partial charge >= 0.3 is 0 Å². The molecule has 1 aliphatic heterocycles. The number of ether oxygens (including phenoxy) is 2. The van der Waals surface area contributed by atoms with Gasteiger partial charge in [-0.15, -0.1) is 0 Å². The molecule has 2 rings (SSSR count). The molecule has 1 aromatic carbocycles. The lowest BCUT2D eigenvalue weighted by Gasteiger charge is -2.22. The molecule has 1 aliphatic rings. The summed E-state index contributed by atoms with van der Waals surface area (Å²) in [6.07, 6.45) is -0.311. The molecule has 0 aromatic heterocycles. The third kappa shape index (κ3) is 1.42. The second-order valence-electron chi connectivity index (χ2n) is 2.88. The van der Waals surface area contributed by atoms with Crippen LogP contribution in [-0.4, -0.2) is 13.0 Å². The van der Waals surface area contributed by atoms with Gasteiger partial charge in [-0.1, -0.05) is 18.2 Å². The summed E-state index contributed by atoms with van der Waals surface area (Å²) in [6, 6.07) is 7.81. The van der Waals surface area contributed by atoms with Gasteiger partial charge in [0.2, 0.25) is 6.29 Å². The van der Waals surface area contributed by atoms with E-state index < -0.39 is 0 Å². The van der Waals surface area contributed by atoms with Crippen LogP contribution in [0.3, 0.4) is 0 Å². The highest BCUT2D eigenvalue weighted by atomic mass is 16.7. The van der Waals surface area contributed by atoms with Crippen LogP contribution in [0, 0.1) is 0 Å². The number of para-hydroxylation sites is 1. The van der Waals surface area contributed by atoms with E-state index in [1.807, 2.05) is 31.2 Å². The summed E-state index contributed by atoms with van der Waals surface area (Å²) in [7, 11) is 1.63. The van der Waals surface area contributed by atoms with Crippen molar-refractivity contribution in [2.24, 2.45) is 4.99 Å². The Morgan fingerprint density at radius 2 is 2.15 bits per heavy atom. The van der Waals surface area contributed by atoms with Crippen molar-refractivity contribution in [2.45, 2.75) is 13.2 Å². The van der Waals surface area contributed by atoms with Gasteiger partial charge in [-0.2, -0.15) is 0 Å². The van der Waals surface area contributed by atoms with E-state index in [0.717, 1.165) is 11.3 Å². The molecule has 0 amide bonds. The zero-order chi connectivity index (χ0) is 9.26. The van der Waals surface area contributed by atoms with E-state index in [9.17, 15) is 0 Å². The van der Waals surface area contributed by atoms with Gasteiger partial charge in [-0.05, 0) is 6.07 Å². The summed E-state index contributed by atoms with van der Waals surface area (Å²) in [5.74, 6) is 0.644. The van der Waals surface area contributed by atoms with Crippen molar-refractivity contribution >= 4 is 11.6 Å². The van der Waals surface area contributed by atoms with Gasteiger partial charge in [-0.25, -0.2) is 4.99 Å². The molecule has 0 saturated carbocycles. The van der Waals surface area contributed by atoms with Crippen LogP contribution in [0.4, 0.5) is 5.69 Å². The number of rotatable bonds is 1. The third-order valence-electron chi connectivity index (χ3n) is 1.96. The van der Waals surface area contributed by atoms with Crippen LogP contribution < -0.4 is 0 Å². The summed E-state index contributed by atoms with van der Waals surface area (Å²) in [6.45, 7) is 1.82. The molecule has 1 heterocycles. The van der Waals surface area contributed by atoms with Crippen molar-refractivity contribution < 1.29 is 9.47 Å². The lowest BCUT2D eigenvalue weighted by molar-refractivity contribution is -0.0679. The number of hydrogen-bond acceptors (Lipinski definition) is 3. The molecule has 0 fully saturated rings. The smallest absolute Gasteiger partial charge is 0.229 e. The van der Waals surface area contributed by atoms with Gasteiger partial charge < -0.3 is 9.47 Å². The monoisotopic (exact) mass is 177 g/mol. The Morgan fingerprint density at radius 1 is 1.38 bits per heavy atom. The summed E-state index contributed by atoms with van der Waals surface area (Å²) in [4.78, 5) is 4.26. The summed E-state index contributed by atoms with van der Waals surface area (Å²) in [5.41, 5.74) is 1.91. The van der Waals surface area contributed by atoms with Crippen LogP contribution in [0.25, 0.3) is 0 Å². The lowest BCUT2D eigenvalue weighted by Crippen LogP contribution is -2.14. The number of hydrogen-bond donors (Lipinski definition) is 0. The average molecular weight is 177 g/mol. The molecule has 0 saturated heterocycles. The van der Waals surface area contributed by atoms with Gasteiger partial charge in [0.25, 0.3) is 0 Å². The second kappa shape index (κ2) is 3.18. The first-order chi connectivity index (χ1) is 6.31. The SMILES string of the molecule is COC1OC(C)=Nc2ccccc21. The molecule has 1 atom stereocenters. The first-order valence-electron chi connectivity index (χ1n) is 4.15. The molecule has 0 bridgehead atoms. The van der Waals surface area contributed by atoms with Crippen LogP contribution in [0.2, 0.25) is 0 Å². The molecule has 68 valence electrons. The molecular weight excluding hydrogens is 166 g/mol. The average Bonchev–Trinajstić information content (AvgIpc) is 2.16. The highest BCUT2D eigenvalue weighted by Crippen LogP contribution is 2.32. The van der Waals surface area contributed by atoms with Crippen molar-refractivity contribution in [1.82, 2.24) is 0 Å². The van der Waals surface area contributed by atoms with Gasteiger partial charge in [0.15, 0.2) is 5.90 Å². The van der Waals surface area contributed by atoms with E-state index in [1.165, 1.54) is 0 Å². The van der Waals surface area contributed by atoms with Crippen molar-refractivity contribution in [3.63, 3.8) is 0 Å². The van der Waals surface area contributed by atoms with Crippen LogP contribution in [-0.2, 0) is 9.47 Å². The molecule has 0 N–H and O–H groups in total. The summed E-state index contributed by atoms with van der Waals surface area (Å²) < 4.78 is 10.6. The van der Waals surface area contributed by atoms with Gasteiger partial charge in [-0.3, -0.25) is 0 Å². The first kappa shape index (κ1) is 8.26. The van der Waals surface area contributed by atoms with Gasteiger partial charge in [0.1, 0.15) is 0 Å². The highest BCUT2D eigenvalue weighted by molar-refractivity contribution is 5.79. The predicted octanol–water partition coefficient (Wildman–Crippen LogP) is 2.41. The topological polar surface area (TPSA) is 30.8 Å². The Labute approximate surface area is 77.0 Å². The number of benzene rings is 1. The molecule has 0 radical (unpaired) electrons. The van der Waals surface area contributed by atoms with Gasteiger partial charge in [0, 0.05) is 19.6 Å². The zero-order valence-electron chi connectivity index (χ0n) is 7.65. The zero-order valence-corrected chi connectivity index (χ0v) is 7.65. The van der Waals surface area contributed by atoms with E-state index >= 15 is 0 Å². The van der Waals surface area contributed by atoms with Crippen LogP contribution in [0.1, 0.15) is 18.8 Å².